The molecular formula is C26H23BrF3N3O3S. The first kappa shape index (κ1) is 28.1. The van der Waals surface area contributed by atoms with Gasteiger partial charge in [0.15, 0.2) is 5.11 Å². The summed E-state index contributed by atoms with van der Waals surface area (Å²) in [6.45, 7) is 2.50. The fraction of sp³-hybridized carbons (Fsp3) is 0.192. The van der Waals surface area contributed by atoms with Crippen LogP contribution in [0.5, 0.6) is 5.75 Å². The first-order chi connectivity index (χ1) is 17.6. The molecule has 0 aliphatic heterocycles. The minimum Gasteiger partial charge on any atom is -0.493 e. The summed E-state index contributed by atoms with van der Waals surface area (Å²) in [5, 5.41) is 7.86. The van der Waals surface area contributed by atoms with Crippen molar-refractivity contribution in [2.75, 3.05) is 17.2 Å². The van der Waals surface area contributed by atoms with Crippen LogP contribution in [0, 0.1) is 0 Å². The van der Waals surface area contributed by atoms with Crippen LogP contribution in [0.25, 0.3) is 0 Å². The van der Waals surface area contributed by atoms with Gasteiger partial charge in [0.05, 0.1) is 17.7 Å². The lowest BCUT2D eigenvalue weighted by Crippen LogP contribution is -2.34. The second-order valence-corrected chi connectivity index (χ2v) is 9.19. The molecule has 0 atom stereocenters. The number of amides is 2. The van der Waals surface area contributed by atoms with Crippen LogP contribution < -0.4 is 20.7 Å². The lowest BCUT2D eigenvalue weighted by Gasteiger charge is -2.14. The molecule has 0 aromatic heterocycles. The van der Waals surface area contributed by atoms with Gasteiger partial charge >= 0.3 is 6.18 Å². The van der Waals surface area contributed by atoms with Crippen LogP contribution in [0.1, 0.15) is 46.0 Å². The Morgan fingerprint density at radius 1 is 0.946 bits per heavy atom. The van der Waals surface area contributed by atoms with Crippen molar-refractivity contribution >= 4 is 56.4 Å². The standard InChI is InChI=1S/C26H23BrF3N3O3S/c1-2-3-12-36-22-11-10-18(27)15-21(22)24(35)33-25(37)32-19-8-4-6-16(13-19)23(34)31-20-9-5-7-17(14-20)26(28,29)30/h4-11,13-15H,2-3,12H2,1H3,(H,31,34)(H2,32,33,35,37). The number of anilines is 2. The molecule has 0 aliphatic carbocycles. The predicted molar refractivity (Wildman–Crippen MR) is 144 cm³/mol. The molecule has 11 heteroatoms. The molecule has 0 fully saturated rings. The summed E-state index contributed by atoms with van der Waals surface area (Å²) in [5.74, 6) is -0.671. The van der Waals surface area contributed by atoms with Crippen LogP contribution in [0.4, 0.5) is 24.5 Å². The Hall–Kier alpha value is -3.44. The molecule has 0 radical (unpaired) electrons. The number of ether oxygens (including phenoxy) is 1. The highest BCUT2D eigenvalue weighted by atomic mass is 79.9. The van der Waals surface area contributed by atoms with Crippen LogP contribution in [0.2, 0.25) is 0 Å². The van der Waals surface area contributed by atoms with Gasteiger partial charge in [-0.2, -0.15) is 13.2 Å². The topological polar surface area (TPSA) is 79.5 Å². The molecule has 0 saturated carbocycles. The highest BCUT2D eigenvalue weighted by molar-refractivity contribution is 9.10. The van der Waals surface area contributed by atoms with Crippen LogP contribution >= 0.6 is 28.1 Å². The molecular weight excluding hydrogens is 571 g/mol. The molecule has 2 amide bonds. The van der Waals surface area contributed by atoms with Gasteiger partial charge in [0.25, 0.3) is 11.8 Å². The Balaban J connectivity index is 1.66. The Bertz CT molecular complexity index is 1300. The van der Waals surface area contributed by atoms with Crippen molar-refractivity contribution < 1.29 is 27.5 Å². The molecule has 0 aliphatic rings. The van der Waals surface area contributed by atoms with E-state index in [0.29, 0.717) is 28.1 Å². The maximum atomic E-state index is 12.9. The number of hydrogen-bond donors (Lipinski definition) is 3. The zero-order valence-electron chi connectivity index (χ0n) is 19.6. The highest BCUT2D eigenvalue weighted by Gasteiger charge is 2.30. The van der Waals surface area contributed by atoms with Gasteiger partial charge in [-0.1, -0.05) is 41.4 Å². The van der Waals surface area contributed by atoms with Crippen LogP contribution in [0.3, 0.4) is 0 Å². The van der Waals surface area contributed by atoms with Gasteiger partial charge in [-0.05, 0) is 73.2 Å². The second-order valence-electron chi connectivity index (χ2n) is 7.86. The first-order valence-corrected chi connectivity index (χ1v) is 12.4. The van der Waals surface area contributed by atoms with E-state index in [4.69, 9.17) is 17.0 Å². The zero-order valence-corrected chi connectivity index (χ0v) is 22.0. The van der Waals surface area contributed by atoms with E-state index in [1.165, 1.54) is 24.3 Å². The van der Waals surface area contributed by atoms with Gasteiger partial charge < -0.3 is 15.4 Å². The molecule has 0 heterocycles. The van der Waals surface area contributed by atoms with E-state index in [1.807, 2.05) is 6.92 Å². The van der Waals surface area contributed by atoms with E-state index in [0.717, 1.165) is 25.0 Å². The molecule has 194 valence electrons. The van der Waals surface area contributed by atoms with Gasteiger partial charge in [0, 0.05) is 21.4 Å². The lowest BCUT2D eigenvalue weighted by molar-refractivity contribution is -0.137. The minimum atomic E-state index is -4.52. The fourth-order valence-electron chi connectivity index (χ4n) is 3.18. The molecule has 3 rings (SSSR count). The SMILES string of the molecule is CCCCOc1ccc(Br)cc1C(=O)NC(=S)Nc1cccc(C(=O)Nc2cccc(C(F)(F)F)c2)c1. The second kappa shape index (κ2) is 12.7. The summed E-state index contributed by atoms with van der Waals surface area (Å²) in [6, 6.07) is 15.6. The molecule has 37 heavy (non-hydrogen) atoms. The Morgan fingerprint density at radius 2 is 1.65 bits per heavy atom. The summed E-state index contributed by atoms with van der Waals surface area (Å²) in [5.41, 5.74) is 0.00719. The van der Waals surface area contributed by atoms with Crippen molar-refractivity contribution in [3.8, 4) is 5.75 Å². The molecule has 3 N–H and O–H groups in total. The van der Waals surface area contributed by atoms with Crippen LogP contribution in [0.15, 0.2) is 71.2 Å². The third-order valence-electron chi connectivity index (χ3n) is 5.00. The zero-order chi connectivity index (χ0) is 27.0. The smallest absolute Gasteiger partial charge is 0.416 e. The van der Waals surface area contributed by atoms with Crippen molar-refractivity contribution in [2.45, 2.75) is 25.9 Å². The quantitative estimate of drug-likeness (QED) is 0.193. The van der Waals surface area contributed by atoms with Gasteiger partial charge in [-0.3, -0.25) is 14.9 Å². The number of halogens is 4. The highest BCUT2D eigenvalue weighted by Crippen LogP contribution is 2.31. The van der Waals surface area contributed by atoms with Crippen molar-refractivity contribution in [1.82, 2.24) is 5.32 Å². The summed E-state index contributed by atoms with van der Waals surface area (Å²) < 4.78 is 45.2. The largest absolute Gasteiger partial charge is 0.493 e. The maximum absolute atomic E-state index is 12.9. The van der Waals surface area contributed by atoms with Gasteiger partial charge in [-0.25, -0.2) is 0 Å². The summed E-state index contributed by atoms with van der Waals surface area (Å²) >= 11 is 8.60. The molecule has 0 spiro atoms. The van der Waals surface area contributed by atoms with Crippen molar-refractivity contribution in [1.29, 1.82) is 0 Å². The molecule has 0 saturated heterocycles. The third-order valence-corrected chi connectivity index (χ3v) is 5.70. The summed E-state index contributed by atoms with van der Waals surface area (Å²) in [7, 11) is 0. The average Bonchev–Trinajstić information content (AvgIpc) is 2.84. The predicted octanol–water partition coefficient (Wildman–Crippen LogP) is 7.03. The molecule has 6 nitrogen and oxygen atoms in total. The summed E-state index contributed by atoms with van der Waals surface area (Å²) in [6.07, 6.45) is -2.74. The Labute approximate surface area is 225 Å². The minimum absolute atomic E-state index is 0.00644. The molecule has 3 aromatic rings. The number of benzene rings is 3. The number of unbranched alkanes of at least 4 members (excludes halogenated alkanes) is 1. The first-order valence-electron chi connectivity index (χ1n) is 11.2. The van der Waals surface area contributed by atoms with Crippen molar-refractivity contribution in [3.63, 3.8) is 0 Å². The Morgan fingerprint density at radius 3 is 2.35 bits per heavy atom. The van der Waals surface area contributed by atoms with E-state index in [9.17, 15) is 22.8 Å². The van der Waals surface area contributed by atoms with Gasteiger partial charge in [0.2, 0.25) is 0 Å². The van der Waals surface area contributed by atoms with E-state index >= 15 is 0 Å². The number of thiocarbonyl (C=S) groups is 1. The van der Waals surface area contributed by atoms with Crippen molar-refractivity contribution in [2.24, 2.45) is 0 Å². The monoisotopic (exact) mass is 593 g/mol. The lowest BCUT2D eigenvalue weighted by atomic mass is 10.1. The summed E-state index contributed by atoms with van der Waals surface area (Å²) in [4.78, 5) is 25.5. The van der Waals surface area contributed by atoms with Crippen LogP contribution in [-0.2, 0) is 6.18 Å². The number of alkyl halides is 3. The fourth-order valence-corrected chi connectivity index (χ4v) is 3.75. The van der Waals surface area contributed by atoms with Crippen LogP contribution in [-0.4, -0.2) is 23.5 Å². The van der Waals surface area contributed by atoms with E-state index in [2.05, 4.69) is 31.9 Å². The van der Waals surface area contributed by atoms with Gasteiger partial charge in [-0.15, -0.1) is 0 Å². The normalized spacial score (nSPS) is 10.9. The van der Waals surface area contributed by atoms with E-state index in [1.54, 1.807) is 30.3 Å². The maximum Gasteiger partial charge on any atom is 0.416 e. The number of rotatable bonds is 8. The molecule has 0 unspecified atom stereocenters. The number of hydrogen-bond acceptors (Lipinski definition) is 4. The Kier molecular flexibility index (Phi) is 9.65. The van der Waals surface area contributed by atoms with E-state index < -0.39 is 23.6 Å². The molecule has 3 aromatic carbocycles. The number of carbonyl (C=O) groups is 2. The number of nitrogens with one attached hydrogen (secondary N) is 3. The third kappa shape index (κ3) is 8.29. The average molecular weight is 594 g/mol. The number of carbonyl (C=O) groups excluding carboxylic acids is 2. The van der Waals surface area contributed by atoms with E-state index in [-0.39, 0.29) is 16.4 Å². The molecule has 0 bridgehead atoms. The van der Waals surface area contributed by atoms with Crippen molar-refractivity contribution in [3.05, 3.63) is 87.9 Å². The van der Waals surface area contributed by atoms with Gasteiger partial charge in [0.1, 0.15) is 5.75 Å².